The van der Waals surface area contributed by atoms with Gasteiger partial charge in [0.2, 0.25) is 0 Å². The topological polar surface area (TPSA) is 32.8 Å². The van der Waals surface area contributed by atoms with Crippen LogP contribution in [-0.4, -0.2) is 49.0 Å². The maximum Gasteiger partial charge on any atom is 0.253 e. The molecule has 4 nitrogen and oxygen atoms in total. The molecule has 0 N–H and O–H groups in total. The Labute approximate surface area is 197 Å². The van der Waals surface area contributed by atoms with Gasteiger partial charge in [-0.05, 0) is 74.2 Å². The van der Waals surface area contributed by atoms with Gasteiger partial charge in [-0.25, -0.2) is 0 Å². The van der Waals surface area contributed by atoms with Gasteiger partial charge in [0.05, 0.1) is 6.61 Å². The van der Waals surface area contributed by atoms with E-state index >= 15 is 0 Å². The summed E-state index contributed by atoms with van der Waals surface area (Å²) in [5.41, 5.74) is 4.34. The first-order valence-electron chi connectivity index (χ1n) is 12.0. The fraction of sp³-hybridized carbons (Fsp3) is 0.345. The molecule has 172 valence electrons. The predicted octanol–water partition coefficient (Wildman–Crippen LogP) is 6.05. The third-order valence-electron chi connectivity index (χ3n) is 6.58. The van der Waals surface area contributed by atoms with Gasteiger partial charge in [0.25, 0.3) is 5.91 Å². The number of hydrogen-bond acceptors (Lipinski definition) is 3. The zero-order chi connectivity index (χ0) is 23.0. The van der Waals surface area contributed by atoms with Crippen LogP contribution in [0.25, 0.3) is 11.1 Å². The second kappa shape index (κ2) is 11.2. The van der Waals surface area contributed by atoms with Crippen molar-refractivity contribution in [1.82, 2.24) is 9.80 Å². The summed E-state index contributed by atoms with van der Waals surface area (Å²) in [6.45, 7) is 5.67. The lowest BCUT2D eigenvalue weighted by molar-refractivity contribution is 0.0793. The first kappa shape index (κ1) is 23.1. The van der Waals surface area contributed by atoms with Crippen LogP contribution < -0.4 is 4.74 Å². The van der Waals surface area contributed by atoms with Crippen molar-refractivity contribution in [2.45, 2.75) is 32.2 Å². The van der Waals surface area contributed by atoms with Gasteiger partial charge in [0.1, 0.15) is 5.75 Å². The number of benzene rings is 3. The lowest BCUT2D eigenvalue weighted by Gasteiger charge is -2.25. The van der Waals surface area contributed by atoms with Crippen LogP contribution in [0.4, 0.5) is 0 Å². The van der Waals surface area contributed by atoms with Gasteiger partial charge in [0.15, 0.2) is 0 Å². The minimum atomic E-state index is 0.145. The fourth-order valence-electron chi connectivity index (χ4n) is 4.34. The Morgan fingerprint density at radius 3 is 2.15 bits per heavy atom. The van der Waals surface area contributed by atoms with Crippen molar-refractivity contribution >= 4 is 5.91 Å². The van der Waals surface area contributed by atoms with Crippen molar-refractivity contribution in [3.05, 3.63) is 90.0 Å². The Morgan fingerprint density at radius 1 is 0.909 bits per heavy atom. The molecule has 0 bridgehead atoms. The molecular weight excluding hydrogens is 408 g/mol. The van der Waals surface area contributed by atoms with E-state index in [0.717, 1.165) is 61.3 Å². The largest absolute Gasteiger partial charge is 0.494 e. The van der Waals surface area contributed by atoms with Crippen molar-refractivity contribution in [3.63, 3.8) is 0 Å². The first-order chi connectivity index (χ1) is 16.1. The summed E-state index contributed by atoms with van der Waals surface area (Å²) in [7, 11) is 2.16. The molecule has 0 spiro atoms. The third kappa shape index (κ3) is 6.02. The average molecular weight is 443 g/mol. The highest BCUT2D eigenvalue weighted by Crippen LogP contribution is 2.24. The molecule has 1 heterocycles. The second-order valence-electron chi connectivity index (χ2n) is 8.87. The number of amides is 1. The van der Waals surface area contributed by atoms with Crippen molar-refractivity contribution in [1.29, 1.82) is 0 Å². The van der Waals surface area contributed by atoms with E-state index in [9.17, 15) is 4.79 Å². The van der Waals surface area contributed by atoms with Crippen LogP contribution in [0.15, 0.2) is 78.9 Å². The zero-order valence-electron chi connectivity index (χ0n) is 19.7. The van der Waals surface area contributed by atoms with Crippen LogP contribution >= 0.6 is 0 Å². The van der Waals surface area contributed by atoms with Crippen LogP contribution in [0.2, 0.25) is 0 Å². The Balaban J connectivity index is 1.24. The molecule has 3 aromatic carbocycles. The number of ether oxygens (including phenoxy) is 1. The van der Waals surface area contributed by atoms with Crippen molar-refractivity contribution in [3.8, 4) is 16.9 Å². The Morgan fingerprint density at radius 2 is 1.52 bits per heavy atom. The maximum atomic E-state index is 12.5. The molecular formula is C29H34N2O2. The minimum Gasteiger partial charge on any atom is -0.494 e. The van der Waals surface area contributed by atoms with Gasteiger partial charge in [-0.15, -0.1) is 0 Å². The van der Waals surface area contributed by atoms with Gasteiger partial charge in [0, 0.05) is 31.2 Å². The Hall–Kier alpha value is -3.11. The predicted molar refractivity (Wildman–Crippen MR) is 135 cm³/mol. The molecule has 1 aliphatic heterocycles. The fourth-order valence-corrected chi connectivity index (χ4v) is 4.34. The van der Waals surface area contributed by atoms with Crippen molar-refractivity contribution in [2.24, 2.45) is 0 Å². The maximum absolute atomic E-state index is 12.5. The SMILES string of the molecule is C[C@H](c1ccccc1)N(C)CCCOc1ccc(-c2ccc(C(=O)N3CCCC3)cc2)cc1. The van der Waals surface area contributed by atoms with Gasteiger partial charge in [-0.1, -0.05) is 54.6 Å². The van der Waals surface area contributed by atoms with E-state index in [2.05, 4.69) is 61.3 Å². The van der Waals surface area contributed by atoms with Gasteiger partial charge in [-0.2, -0.15) is 0 Å². The lowest BCUT2D eigenvalue weighted by atomic mass is 10.0. The van der Waals surface area contributed by atoms with Crippen LogP contribution in [-0.2, 0) is 0 Å². The number of hydrogen-bond donors (Lipinski definition) is 0. The molecule has 4 rings (SSSR count). The van der Waals surface area contributed by atoms with Crippen molar-refractivity contribution < 1.29 is 9.53 Å². The van der Waals surface area contributed by atoms with Crippen LogP contribution in [0.1, 0.15) is 48.1 Å². The smallest absolute Gasteiger partial charge is 0.253 e. The van der Waals surface area contributed by atoms with E-state index in [4.69, 9.17) is 4.74 Å². The highest BCUT2D eigenvalue weighted by Gasteiger charge is 2.19. The van der Waals surface area contributed by atoms with E-state index in [0.29, 0.717) is 12.6 Å². The van der Waals surface area contributed by atoms with Gasteiger partial charge < -0.3 is 9.64 Å². The molecule has 0 saturated carbocycles. The van der Waals surface area contributed by atoms with E-state index in [1.54, 1.807) is 0 Å². The average Bonchev–Trinajstić information content (AvgIpc) is 3.42. The standard InChI is InChI=1S/C29H34N2O2/c1-23(24-9-4-3-5-10-24)30(2)19-8-22-33-28-17-15-26(16-18-28)25-11-13-27(14-12-25)29(32)31-20-6-7-21-31/h3-5,9-18,23H,6-8,19-22H2,1-2H3/t23-/m1/s1. The summed E-state index contributed by atoms with van der Waals surface area (Å²) in [5, 5.41) is 0. The molecule has 1 fully saturated rings. The van der Waals surface area contributed by atoms with Crippen LogP contribution in [0.5, 0.6) is 5.75 Å². The summed E-state index contributed by atoms with van der Waals surface area (Å²) >= 11 is 0. The Kier molecular flexibility index (Phi) is 7.79. The molecule has 1 atom stereocenters. The number of likely N-dealkylation sites (tertiary alicyclic amines) is 1. The molecule has 33 heavy (non-hydrogen) atoms. The summed E-state index contributed by atoms with van der Waals surface area (Å²) in [5.74, 6) is 1.03. The molecule has 3 aromatic rings. The quantitative estimate of drug-likeness (QED) is 0.378. The molecule has 0 unspecified atom stereocenters. The minimum absolute atomic E-state index is 0.145. The number of carbonyl (C=O) groups is 1. The second-order valence-corrected chi connectivity index (χ2v) is 8.87. The molecule has 0 aliphatic carbocycles. The molecule has 0 aromatic heterocycles. The zero-order valence-corrected chi connectivity index (χ0v) is 19.7. The Bertz CT molecular complexity index is 1010. The third-order valence-corrected chi connectivity index (χ3v) is 6.58. The molecule has 0 radical (unpaired) electrons. The van der Waals surface area contributed by atoms with Crippen molar-refractivity contribution in [2.75, 3.05) is 33.3 Å². The van der Waals surface area contributed by atoms with E-state index < -0.39 is 0 Å². The normalized spacial score (nSPS) is 14.5. The number of nitrogens with zero attached hydrogens (tertiary/aromatic N) is 2. The molecule has 1 amide bonds. The monoisotopic (exact) mass is 442 g/mol. The summed E-state index contributed by atoms with van der Waals surface area (Å²) in [6, 6.07) is 27.1. The summed E-state index contributed by atoms with van der Waals surface area (Å²) in [4.78, 5) is 16.8. The highest BCUT2D eigenvalue weighted by molar-refractivity contribution is 5.94. The highest BCUT2D eigenvalue weighted by atomic mass is 16.5. The van der Waals surface area contributed by atoms with Crippen LogP contribution in [0.3, 0.4) is 0 Å². The lowest BCUT2D eigenvalue weighted by Crippen LogP contribution is -2.27. The molecule has 1 aliphatic rings. The first-order valence-corrected chi connectivity index (χ1v) is 12.0. The molecule has 4 heteroatoms. The van der Waals surface area contributed by atoms with E-state index in [1.807, 2.05) is 41.3 Å². The summed E-state index contributed by atoms with van der Waals surface area (Å²) < 4.78 is 5.96. The number of carbonyl (C=O) groups excluding carboxylic acids is 1. The summed E-state index contributed by atoms with van der Waals surface area (Å²) in [6.07, 6.45) is 3.20. The van der Waals surface area contributed by atoms with Gasteiger partial charge >= 0.3 is 0 Å². The molecule has 1 saturated heterocycles. The van der Waals surface area contributed by atoms with E-state index in [1.165, 1.54) is 5.56 Å². The van der Waals surface area contributed by atoms with E-state index in [-0.39, 0.29) is 5.91 Å². The number of rotatable bonds is 9. The van der Waals surface area contributed by atoms with Gasteiger partial charge in [-0.3, -0.25) is 9.69 Å². The van der Waals surface area contributed by atoms with Crippen LogP contribution in [0, 0.1) is 0 Å².